The lowest BCUT2D eigenvalue weighted by molar-refractivity contribution is -0.126. The van der Waals surface area contributed by atoms with Crippen LogP contribution in [-0.4, -0.2) is 52.0 Å². The maximum absolute atomic E-state index is 12.8. The Hall–Kier alpha value is -2.19. The lowest BCUT2D eigenvalue weighted by Gasteiger charge is -2.30. The molecule has 1 rings (SSSR count). The fourth-order valence-electron chi connectivity index (χ4n) is 4.44. The molecule has 4 atom stereocenters. The minimum absolute atomic E-state index is 0.0413. The van der Waals surface area contributed by atoms with Crippen molar-refractivity contribution in [2.24, 2.45) is 40.4 Å². The number of methoxy groups -OCH3 is 2. The molecule has 212 valence electrons. The summed E-state index contributed by atoms with van der Waals surface area (Å²) in [4.78, 5) is 12.8. The second-order valence-electron chi connectivity index (χ2n) is 11.2. The molecule has 1 aromatic rings. The average molecular weight is 521 g/mol. The molecule has 0 saturated carbocycles. The van der Waals surface area contributed by atoms with Crippen molar-refractivity contribution in [3.63, 3.8) is 0 Å². The van der Waals surface area contributed by atoms with Crippen molar-refractivity contribution in [3.8, 4) is 11.5 Å². The summed E-state index contributed by atoms with van der Waals surface area (Å²) in [5.41, 5.74) is 15.6. The maximum Gasteiger partial charge on any atom is 0.223 e. The van der Waals surface area contributed by atoms with E-state index in [-0.39, 0.29) is 35.7 Å². The smallest absolute Gasteiger partial charge is 0.223 e. The zero-order valence-electron chi connectivity index (χ0n) is 24.4. The van der Waals surface area contributed by atoms with Crippen molar-refractivity contribution >= 4 is 5.91 Å². The van der Waals surface area contributed by atoms with E-state index in [1.165, 1.54) is 0 Å². The summed E-state index contributed by atoms with van der Waals surface area (Å²) in [7, 11) is 3.32. The van der Waals surface area contributed by atoms with Crippen molar-refractivity contribution in [1.29, 1.82) is 5.53 Å². The summed E-state index contributed by atoms with van der Waals surface area (Å²) in [6, 6.07) is 5.36. The maximum atomic E-state index is 12.8. The first-order chi connectivity index (χ1) is 17.5. The van der Waals surface area contributed by atoms with Gasteiger partial charge in [-0.3, -0.25) is 4.79 Å². The van der Waals surface area contributed by atoms with Crippen molar-refractivity contribution in [3.05, 3.63) is 23.8 Å². The Morgan fingerprint density at radius 1 is 1.03 bits per heavy atom. The minimum atomic E-state index is -0.355. The first-order valence-corrected chi connectivity index (χ1v) is 13.7. The number of hydrogen-bond donors (Lipinski definition) is 3. The fourth-order valence-corrected chi connectivity index (χ4v) is 4.44. The Morgan fingerprint density at radius 3 is 2.27 bits per heavy atom. The van der Waals surface area contributed by atoms with Crippen LogP contribution in [0.1, 0.15) is 66.4 Å². The predicted octanol–water partition coefficient (Wildman–Crippen LogP) is 5.48. The summed E-state index contributed by atoms with van der Waals surface area (Å²) in [6.07, 6.45) is 2.82. The molecule has 0 aliphatic carbocycles. The van der Waals surface area contributed by atoms with Crippen LogP contribution in [-0.2, 0) is 16.0 Å². The molecule has 4 N–H and O–H groups in total. The van der Waals surface area contributed by atoms with E-state index in [0.717, 1.165) is 24.2 Å². The van der Waals surface area contributed by atoms with Crippen molar-refractivity contribution in [2.45, 2.75) is 79.3 Å². The number of benzene rings is 1. The molecule has 8 nitrogen and oxygen atoms in total. The highest BCUT2D eigenvalue weighted by molar-refractivity contribution is 5.78. The molecular weight excluding hydrogens is 468 g/mol. The highest BCUT2D eigenvalue weighted by Gasteiger charge is 2.30. The quantitative estimate of drug-likeness (QED) is 0.165. The van der Waals surface area contributed by atoms with Crippen LogP contribution in [0.5, 0.6) is 11.5 Å². The molecule has 0 saturated heterocycles. The van der Waals surface area contributed by atoms with Gasteiger partial charge in [0.15, 0.2) is 11.5 Å². The van der Waals surface area contributed by atoms with E-state index in [1.54, 1.807) is 14.2 Å². The van der Waals surface area contributed by atoms with Crippen LogP contribution in [0.4, 0.5) is 0 Å². The summed E-state index contributed by atoms with van der Waals surface area (Å²) < 4.78 is 16.6. The minimum Gasteiger partial charge on any atom is -0.493 e. The third kappa shape index (κ3) is 11.8. The summed E-state index contributed by atoms with van der Waals surface area (Å²) in [5, 5.41) is 6.99. The molecule has 0 radical (unpaired) electrons. The van der Waals surface area contributed by atoms with Crippen LogP contribution in [0.15, 0.2) is 23.3 Å². The van der Waals surface area contributed by atoms with Gasteiger partial charge in [-0.2, -0.15) is 5.11 Å². The molecule has 0 aliphatic heterocycles. The first kappa shape index (κ1) is 32.8. The van der Waals surface area contributed by atoms with Crippen molar-refractivity contribution in [2.75, 3.05) is 34.0 Å². The Labute approximate surface area is 224 Å². The van der Waals surface area contributed by atoms with Gasteiger partial charge in [0.25, 0.3) is 0 Å². The van der Waals surface area contributed by atoms with Gasteiger partial charge in [-0.05, 0) is 60.6 Å². The van der Waals surface area contributed by atoms with Crippen LogP contribution in [0.25, 0.3) is 0 Å². The number of nitrogens with zero attached hydrogens (tertiary/aromatic N) is 1. The second kappa shape index (κ2) is 17.3. The van der Waals surface area contributed by atoms with Gasteiger partial charge in [0.05, 0.1) is 19.8 Å². The van der Waals surface area contributed by atoms with Crippen LogP contribution in [0, 0.1) is 35.1 Å². The Morgan fingerprint density at radius 2 is 1.73 bits per heavy atom. The van der Waals surface area contributed by atoms with Gasteiger partial charge >= 0.3 is 0 Å². The van der Waals surface area contributed by atoms with E-state index in [2.05, 4.69) is 58.0 Å². The first-order valence-electron chi connectivity index (χ1n) is 13.7. The highest BCUT2D eigenvalue weighted by Crippen LogP contribution is 2.32. The molecule has 0 spiro atoms. The largest absolute Gasteiger partial charge is 0.493 e. The molecule has 0 aromatic heterocycles. The van der Waals surface area contributed by atoms with Gasteiger partial charge in [-0.25, -0.2) is 5.53 Å². The number of nitrogens with one attached hydrogen (secondary N) is 2. The van der Waals surface area contributed by atoms with Crippen molar-refractivity contribution in [1.82, 2.24) is 5.32 Å². The van der Waals surface area contributed by atoms with Crippen molar-refractivity contribution < 1.29 is 19.0 Å². The number of amides is 1. The molecule has 0 heterocycles. The van der Waals surface area contributed by atoms with Crippen LogP contribution >= 0.6 is 0 Å². The Bertz CT molecular complexity index is 800. The average Bonchev–Trinajstić information content (AvgIpc) is 2.85. The number of rotatable bonds is 19. The summed E-state index contributed by atoms with van der Waals surface area (Å²) in [5.74, 6) is 2.47. The Balaban J connectivity index is 2.93. The standard InChI is InChI=1S/C29H52N4O4/c1-19(2)18-32-29(34)24(21(5)6)17-25(30)26(33-31)16-23(20(3)4)14-22-10-11-27(36-8)28(15-22)37-13-9-12-35-7/h10-11,15,19-21,23-26,31H,9,12-14,16-18,30H2,1-8H3,(H,32,34)/t23-,24-,25-,26-/m0/s1. The lowest BCUT2D eigenvalue weighted by atomic mass is 9.80. The molecule has 0 aliphatic rings. The molecule has 0 unspecified atom stereocenters. The lowest BCUT2D eigenvalue weighted by Crippen LogP contribution is -2.43. The molecule has 0 bridgehead atoms. The van der Waals surface area contributed by atoms with E-state index >= 15 is 0 Å². The predicted molar refractivity (Wildman–Crippen MR) is 149 cm³/mol. The van der Waals surface area contributed by atoms with Gasteiger partial charge in [0.2, 0.25) is 5.91 Å². The number of carbonyl (C=O) groups excluding carboxylic acids is 1. The molecular formula is C29H52N4O4. The molecule has 1 aromatic carbocycles. The van der Waals surface area contributed by atoms with Gasteiger partial charge in [0, 0.05) is 38.6 Å². The van der Waals surface area contributed by atoms with Gasteiger partial charge in [-0.15, -0.1) is 0 Å². The third-order valence-corrected chi connectivity index (χ3v) is 6.98. The third-order valence-electron chi connectivity index (χ3n) is 6.98. The number of hydrogen-bond acceptors (Lipinski definition) is 7. The van der Waals surface area contributed by atoms with E-state index in [1.807, 2.05) is 12.1 Å². The van der Waals surface area contributed by atoms with Gasteiger partial charge in [-0.1, -0.05) is 47.6 Å². The normalized spacial score (nSPS) is 14.9. The second-order valence-corrected chi connectivity index (χ2v) is 11.2. The fraction of sp³-hybridized carbons (Fsp3) is 0.759. The number of ether oxygens (including phenoxy) is 3. The van der Waals surface area contributed by atoms with E-state index in [4.69, 9.17) is 25.5 Å². The molecule has 37 heavy (non-hydrogen) atoms. The molecule has 8 heteroatoms. The van der Waals surface area contributed by atoms with E-state index in [0.29, 0.717) is 50.2 Å². The zero-order chi connectivity index (χ0) is 28.0. The monoisotopic (exact) mass is 520 g/mol. The summed E-state index contributed by atoms with van der Waals surface area (Å²) >= 11 is 0. The highest BCUT2D eigenvalue weighted by atomic mass is 16.5. The van der Waals surface area contributed by atoms with E-state index < -0.39 is 0 Å². The Kier molecular flexibility index (Phi) is 15.4. The topological polar surface area (TPSA) is 119 Å². The zero-order valence-corrected chi connectivity index (χ0v) is 24.4. The van der Waals surface area contributed by atoms with Crippen LogP contribution < -0.4 is 20.5 Å². The van der Waals surface area contributed by atoms with E-state index in [9.17, 15) is 4.79 Å². The number of carbonyl (C=O) groups is 1. The summed E-state index contributed by atoms with van der Waals surface area (Å²) in [6.45, 7) is 14.5. The van der Waals surface area contributed by atoms with Gasteiger partial charge in [0.1, 0.15) is 0 Å². The molecule has 0 fully saturated rings. The van der Waals surface area contributed by atoms with Crippen LogP contribution in [0.3, 0.4) is 0 Å². The SMILES string of the molecule is COCCCOc1cc(C[C@@H](C[C@H](N=N)[C@@H](N)C[C@H](C(=O)NCC(C)C)C(C)C)C(C)C)ccc1OC. The molecule has 1 amide bonds. The van der Waals surface area contributed by atoms with Gasteiger partial charge < -0.3 is 25.3 Å². The number of nitrogens with two attached hydrogens (primary N) is 1. The van der Waals surface area contributed by atoms with Crippen LogP contribution in [0.2, 0.25) is 0 Å².